The topological polar surface area (TPSA) is 133 Å². The van der Waals surface area contributed by atoms with Crippen LogP contribution in [0.2, 0.25) is 0 Å². The van der Waals surface area contributed by atoms with Crippen LogP contribution in [0.15, 0.2) is 71.0 Å². The van der Waals surface area contributed by atoms with Gasteiger partial charge in [-0.15, -0.1) is 0 Å². The highest BCUT2D eigenvalue weighted by molar-refractivity contribution is 6.13. The molecule has 0 aromatic heterocycles. The van der Waals surface area contributed by atoms with Gasteiger partial charge in [-0.05, 0) is 31.2 Å². The van der Waals surface area contributed by atoms with E-state index in [-0.39, 0.29) is 31.0 Å². The van der Waals surface area contributed by atoms with Crippen molar-refractivity contribution in [2.45, 2.75) is 6.92 Å². The molecule has 166 valence electrons. The van der Waals surface area contributed by atoms with Crippen molar-refractivity contribution in [3.8, 4) is 11.8 Å². The number of nitrogens with one attached hydrogen (secondary N) is 3. The van der Waals surface area contributed by atoms with Gasteiger partial charge < -0.3 is 26.4 Å². The summed E-state index contributed by atoms with van der Waals surface area (Å²) in [6.07, 6.45) is 4.72. The Labute approximate surface area is 184 Å². The number of nitrogens with zero attached hydrogens (tertiary/aromatic N) is 2. The Kier molecular flexibility index (Phi) is 7.25. The van der Waals surface area contributed by atoms with E-state index in [1.54, 1.807) is 49.5 Å². The van der Waals surface area contributed by atoms with Crippen molar-refractivity contribution in [2.75, 3.05) is 31.3 Å². The molecule has 10 heteroatoms. The van der Waals surface area contributed by atoms with E-state index in [4.69, 9.17) is 15.7 Å². The summed E-state index contributed by atoms with van der Waals surface area (Å²) in [5, 5.41) is 17.4. The molecule has 0 radical (unpaired) electrons. The first-order chi connectivity index (χ1) is 15.5. The Morgan fingerprint density at radius 2 is 2.16 bits per heavy atom. The summed E-state index contributed by atoms with van der Waals surface area (Å²) in [7, 11) is 0. The highest BCUT2D eigenvalue weighted by Gasteiger charge is 2.30. The predicted molar refractivity (Wildman–Crippen MR) is 116 cm³/mol. The lowest BCUT2D eigenvalue weighted by Crippen LogP contribution is -2.43. The van der Waals surface area contributed by atoms with E-state index >= 15 is 0 Å². The molecule has 0 saturated heterocycles. The molecule has 5 N–H and O–H groups in total. The zero-order valence-corrected chi connectivity index (χ0v) is 17.4. The standard InChI is InChI=1S/C22H23FN6O3/c1-14-13-29(17-4-2-3-5-18(17)32-9-8-23)22(31)20(27-14)16(11-25)21(30)28-19-7-6-15(10-24)12-26-19/h2-7,13,26-27H,8-9,11-12,25H2,1H3,(H,28,30)/b20-16+. The minimum Gasteiger partial charge on any atom is -0.489 e. The number of carbonyl (C=O) groups is 2. The molecule has 1 aromatic rings. The van der Waals surface area contributed by atoms with Crippen molar-refractivity contribution in [1.82, 2.24) is 16.0 Å². The molecule has 0 atom stereocenters. The maximum Gasteiger partial charge on any atom is 0.279 e. The maximum absolute atomic E-state index is 13.3. The minimum atomic E-state index is -0.670. The van der Waals surface area contributed by atoms with Crippen LogP contribution in [0.3, 0.4) is 0 Å². The average molecular weight is 438 g/mol. The molecule has 0 saturated carbocycles. The molecule has 2 aliphatic heterocycles. The SMILES string of the molecule is CC1=CN(c2ccccc2OCCF)C(=O)/C(=C(/CN)C(=O)NC2=CC=C(C#N)CN2)N1. The van der Waals surface area contributed by atoms with Gasteiger partial charge in [-0.1, -0.05) is 12.1 Å². The van der Waals surface area contributed by atoms with E-state index in [1.165, 1.54) is 4.90 Å². The number of para-hydroxylation sites is 2. The average Bonchev–Trinajstić information content (AvgIpc) is 2.81. The number of nitriles is 1. The van der Waals surface area contributed by atoms with Crippen LogP contribution in [-0.4, -0.2) is 38.2 Å². The summed E-state index contributed by atoms with van der Waals surface area (Å²) < 4.78 is 18.0. The van der Waals surface area contributed by atoms with E-state index in [1.807, 2.05) is 6.07 Å². The van der Waals surface area contributed by atoms with E-state index in [0.717, 1.165) is 0 Å². The predicted octanol–water partition coefficient (Wildman–Crippen LogP) is 1.06. The number of nitrogens with two attached hydrogens (primary N) is 1. The molecule has 3 rings (SSSR count). The Morgan fingerprint density at radius 3 is 2.81 bits per heavy atom. The number of hydrogen-bond donors (Lipinski definition) is 4. The molecule has 1 aromatic carbocycles. The summed E-state index contributed by atoms with van der Waals surface area (Å²) in [4.78, 5) is 27.5. The van der Waals surface area contributed by atoms with Gasteiger partial charge in [0.1, 0.15) is 30.5 Å². The number of benzene rings is 1. The third-order valence-electron chi connectivity index (χ3n) is 4.63. The molecule has 0 bridgehead atoms. The minimum absolute atomic E-state index is 0.0231. The van der Waals surface area contributed by atoms with Crippen LogP contribution in [-0.2, 0) is 9.59 Å². The lowest BCUT2D eigenvalue weighted by molar-refractivity contribution is -0.118. The summed E-state index contributed by atoms with van der Waals surface area (Å²) >= 11 is 0. The third-order valence-corrected chi connectivity index (χ3v) is 4.63. The number of hydrogen-bond acceptors (Lipinski definition) is 7. The molecular formula is C22H23FN6O3. The van der Waals surface area contributed by atoms with Gasteiger partial charge in [-0.25, -0.2) is 4.39 Å². The van der Waals surface area contributed by atoms with Crippen LogP contribution >= 0.6 is 0 Å². The van der Waals surface area contributed by atoms with Crippen LogP contribution < -0.4 is 31.3 Å². The number of halogens is 1. The molecule has 2 aliphatic rings. The van der Waals surface area contributed by atoms with Gasteiger partial charge in [0.05, 0.1) is 23.9 Å². The fraction of sp³-hybridized carbons (Fsp3) is 0.227. The number of carbonyl (C=O) groups excluding carboxylic acids is 2. The first-order valence-electron chi connectivity index (χ1n) is 9.84. The fourth-order valence-corrected chi connectivity index (χ4v) is 3.13. The van der Waals surface area contributed by atoms with E-state index in [2.05, 4.69) is 16.0 Å². The first-order valence-corrected chi connectivity index (χ1v) is 9.84. The van der Waals surface area contributed by atoms with Crippen molar-refractivity contribution in [1.29, 1.82) is 5.26 Å². The van der Waals surface area contributed by atoms with Crippen LogP contribution in [0.1, 0.15) is 6.92 Å². The molecule has 2 heterocycles. The quantitative estimate of drug-likeness (QED) is 0.468. The van der Waals surface area contributed by atoms with Crippen molar-refractivity contribution < 1.29 is 18.7 Å². The normalized spacial score (nSPS) is 17.1. The van der Waals surface area contributed by atoms with Gasteiger partial charge in [-0.3, -0.25) is 14.5 Å². The molecule has 0 aliphatic carbocycles. The van der Waals surface area contributed by atoms with E-state index < -0.39 is 18.5 Å². The third kappa shape index (κ3) is 4.96. The number of alkyl halides is 1. The molecule has 32 heavy (non-hydrogen) atoms. The second-order valence-electron chi connectivity index (χ2n) is 6.87. The fourth-order valence-electron chi connectivity index (χ4n) is 3.13. The number of anilines is 1. The maximum atomic E-state index is 13.3. The van der Waals surface area contributed by atoms with Crippen LogP contribution in [0.25, 0.3) is 0 Å². The van der Waals surface area contributed by atoms with E-state index in [0.29, 0.717) is 28.5 Å². The molecule has 2 amide bonds. The summed E-state index contributed by atoms with van der Waals surface area (Å²) in [5.41, 5.74) is 7.43. The van der Waals surface area contributed by atoms with Crippen LogP contribution in [0.4, 0.5) is 10.1 Å². The largest absolute Gasteiger partial charge is 0.489 e. The Morgan fingerprint density at radius 1 is 1.38 bits per heavy atom. The monoisotopic (exact) mass is 438 g/mol. The molecule has 9 nitrogen and oxygen atoms in total. The Balaban J connectivity index is 1.92. The van der Waals surface area contributed by atoms with Gasteiger partial charge in [0.25, 0.3) is 11.8 Å². The smallest absolute Gasteiger partial charge is 0.279 e. The lowest BCUT2D eigenvalue weighted by Gasteiger charge is -2.29. The molecule has 0 spiro atoms. The van der Waals surface area contributed by atoms with Crippen molar-refractivity contribution in [2.24, 2.45) is 5.73 Å². The van der Waals surface area contributed by atoms with Gasteiger partial charge in [-0.2, -0.15) is 5.26 Å². The highest BCUT2D eigenvalue weighted by atomic mass is 19.1. The second kappa shape index (κ2) is 10.3. The van der Waals surface area contributed by atoms with Gasteiger partial charge in [0.15, 0.2) is 0 Å². The lowest BCUT2D eigenvalue weighted by atomic mass is 10.1. The molecule has 0 fully saturated rings. The first kappa shape index (κ1) is 22.6. The second-order valence-corrected chi connectivity index (χ2v) is 6.87. The summed E-state index contributed by atoms with van der Waals surface area (Å²) in [5.74, 6) is -0.357. The summed E-state index contributed by atoms with van der Waals surface area (Å²) in [6.45, 7) is 0.989. The Bertz CT molecular complexity index is 1080. The van der Waals surface area contributed by atoms with Crippen molar-refractivity contribution >= 4 is 17.5 Å². The van der Waals surface area contributed by atoms with Crippen LogP contribution in [0, 0.1) is 11.3 Å². The van der Waals surface area contributed by atoms with Crippen molar-refractivity contribution in [3.05, 3.63) is 71.0 Å². The number of ether oxygens (including phenoxy) is 1. The number of allylic oxidation sites excluding steroid dienone is 3. The number of dihydropyridines is 1. The van der Waals surface area contributed by atoms with Crippen LogP contribution in [0.5, 0.6) is 5.75 Å². The van der Waals surface area contributed by atoms with Gasteiger partial charge in [0, 0.05) is 24.0 Å². The van der Waals surface area contributed by atoms with Gasteiger partial charge in [0.2, 0.25) is 0 Å². The summed E-state index contributed by atoms with van der Waals surface area (Å²) in [6, 6.07) is 8.76. The highest BCUT2D eigenvalue weighted by Crippen LogP contribution is 2.31. The Hall–Kier alpha value is -4.10. The zero-order chi connectivity index (χ0) is 23.1. The van der Waals surface area contributed by atoms with Crippen molar-refractivity contribution in [3.63, 3.8) is 0 Å². The number of rotatable bonds is 7. The van der Waals surface area contributed by atoms with E-state index in [9.17, 15) is 14.0 Å². The molecule has 0 unspecified atom stereocenters. The molecular weight excluding hydrogens is 415 g/mol. The zero-order valence-electron chi connectivity index (χ0n) is 17.4. The number of amides is 2. The van der Waals surface area contributed by atoms with Gasteiger partial charge >= 0.3 is 0 Å².